The fraction of sp³-hybridized carbons (Fsp3) is 0.375. The van der Waals surface area contributed by atoms with Crippen LogP contribution in [0.15, 0.2) is 77.7 Å². The predicted molar refractivity (Wildman–Crippen MR) is 163 cm³/mol. The first-order chi connectivity index (χ1) is 19.6. The molecule has 0 heterocycles. The SMILES string of the molecule is CC[C@H](C(=O)NC1CCCC1)N(Cc1ccccc1C)C(=O)CN(c1ccc(C)cc1)S(=O)(=O)c1ccc(Cl)cc1. The third-order valence-electron chi connectivity index (χ3n) is 7.69. The lowest BCUT2D eigenvalue weighted by molar-refractivity contribution is -0.140. The number of aryl methyl sites for hydroxylation is 2. The maximum atomic E-state index is 14.2. The molecule has 0 unspecified atom stereocenters. The lowest BCUT2D eigenvalue weighted by atomic mass is 10.1. The van der Waals surface area contributed by atoms with Crippen LogP contribution in [0, 0.1) is 13.8 Å². The number of halogens is 1. The van der Waals surface area contributed by atoms with Crippen molar-refractivity contribution in [2.75, 3.05) is 10.8 Å². The quantitative estimate of drug-likeness (QED) is 0.294. The van der Waals surface area contributed by atoms with Crippen LogP contribution in [-0.2, 0) is 26.2 Å². The number of rotatable bonds is 11. The lowest BCUT2D eigenvalue weighted by Gasteiger charge is -2.34. The molecule has 0 spiro atoms. The van der Waals surface area contributed by atoms with E-state index in [1.54, 1.807) is 24.3 Å². The van der Waals surface area contributed by atoms with Gasteiger partial charge in [-0.3, -0.25) is 13.9 Å². The Morgan fingerprint density at radius 2 is 1.59 bits per heavy atom. The van der Waals surface area contributed by atoms with Gasteiger partial charge in [0.25, 0.3) is 10.0 Å². The predicted octanol–water partition coefficient (Wildman–Crippen LogP) is 6.02. The molecule has 0 saturated heterocycles. The van der Waals surface area contributed by atoms with E-state index in [9.17, 15) is 18.0 Å². The Morgan fingerprint density at radius 1 is 0.951 bits per heavy atom. The van der Waals surface area contributed by atoms with Crippen LogP contribution >= 0.6 is 11.6 Å². The van der Waals surface area contributed by atoms with E-state index < -0.39 is 28.5 Å². The zero-order valence-electron chi connectivity index (χ0n) is 23.8. The number of sulfonamides is 1. The summed E-state index contributed by atoms with van der Waals surface area (Å²) >= 11 is 6.03. The first kappa shape index (κ1) is 30.6. The molecule has 41 heavy (non-hydrogen) atoms. The maximum Gasteiger partial charge on any atom is 0.264 e. The minimum absolute atomic E-state index is 0.0201. The van der Waals surface area contributed by atoms with Gasteiger partial charge < -0.3 is 10.2 Å². The van der Waals surface area contributed by atoms with Gasteiger partial charge in [0, 0.05) is 17.6 Å². The Morgan fingerprint density at radius 3 is 2.20 bits per heavy atom. The summed E-state index contributed by atoms with van der Waals surface area (Å²) in [7, 11) is -4.14. The van der Waals surface area contributed by atoms with Crippen LogP contribution in [0.3, 0.4) is 0 Å². The van der Waals surface area contributed by atoms with Crippen LogP contribution in [0.2, 0.25) is 5.02 Å². The first-order valence-corrected chi connectivity index (χ1v) is 15.9. The second kappa shape index (κ2) is 13.5. The van der Waals surface area contributed by atoms with Gasteiger partial charge in [-0.1, -0.05) is 73.3 Å². The summed E-state index contributed by atoms with van der Waals surface area (Å²) in [4.78, 5) is 29.3. The van der Waals surface area contributed by atoms with E-state index in [1.165, 1.54) is 29.2 Å². The Bertz CT molecular complexity index is 1450. The molecule has 0 radical (unpaired) electrons. The third-order valence-corrected chi connectivity index (χ3v) is 9.73. The Balaban J connectivity index is 1.72. The Labute approximate surface area is 248 Å². The molecule has 218 valence electrons. The molecule has 1 aliphatic carbocycles. The highest BCUT2D eigenvalue weighted by Gasteiger charge is 2.34. The van der Waals surface area contributed by atoms with E-state index in [-0.39, 0.29) is 23.4 Å². The topological polar surface area (TPSA) is 86.8 Å². The molecule has 1 atom stereocenters. The highest BCUT2D eigenvalue weighted by atomic mass is 35.5. The fourth-order valence-electron chi connectivity index (χ4n) is 5.23. The molecule has 1 N–H and O–H groups in total. The number of benzene rings is 3. The first-order valence-electron chi connectivity index (χ1n) is 14.1. The number of hydrogen-bond acceptors (Lipinski definition) is 4. The van der Waals surface area contributed by atoms with Crippen molar-refractivity contribution in [2.24, 2.45) is 0 Å². The second-order valence-electron chi connectivity index (χ2n) is 10.7. The van der Waals surface area contributed by atoms with E-state index >= 15 is 0 Å². The highest BCUT2D eigenvalue weighted by molar-refractivity contribution is 7.92. The van der Waals surface area contributed by atoms with Gasteiger partial charge in [0.05, 0.1) is 10.6 Å². The fourth-order valence-corrected chi connectivity index (χ4v) is 6.77. The van der Waals surface area contributed by atoms with E-state index in [0.29, 0.717) is 17.1 Å². The third kappa shape index (κ3) is 7.49. The maximum absolute atomic E-state index is 14.2. The molecule has 1 aliphatic rings. The molecule has 9 heteroatoms. The van der Waals surface area contributed by atoms with E-state index in [2.05, 4.69) is 5.32 Å². The lowest BCUT2D eigenvalue weighted by Crippen LogP contribution is -2.53. The monoisotopic (exact) mass is 595 g/mol. The number of amides is 2. The van der Waals surface area contributed by atoms with Crippen LogP contribution in [0.25, 0.3) is 0 Å². The smallest absolute Gasteiger partial charge is 0.264 e. The van der Waals surface area contributed by atoms with E-state index in [1.807, 2.05) is 45.0 Å². The number of anilines is 1. The summed E-state index contributed by atoms with van der Waals surface area (Å²) in [6.07, 6.45) is 4.39. The highest BCUT2D eigenvalue weighted by Crippen LogP contribution is 2.27. The van der Waals surface area contributed by atoms with Crippen LogP contribution in [0.4, 0.5) is 5.69 Å². The zero-order valence-corrected chi connectivity index (χ0v) is 25.4. The summed E-state index contributed by atoms with van der Waals surface area (Å²) in [6, 6.07) is 19.9. The summed E-state index contributed by atoms with van der Waals surface area (Å²) in [5.41, 5.74) is 3.20. The molecule has 7 nitrogen and oxygen atoms in total. The Hall–Kier alpha value is -3.36. The minimum atomic E-state index is -4.14. The second-order valence-corrected chi connectivity index (χ2v) is 13.0. The number of hydrogen-bond donors (Lipinski definition) is 1. The van der Waals surface area contributed by atoms with Crippen molar-refractivity contribution < 1.29 is 18.0 Å². The molecule has 2 amide bonds. The number of carbonyl (C=O) groups is 2. The number of carbonyl (C=O) groups excluding carboxylic acids is 2. The standard InChI is InChI=1S/C32H38ClN3O4S/c1-4-30(32(38)34-27-11-7-8-12-27)35(21-25-10-6-5-9-24(25)3)31(37)22-36(28-17-13-23(2)14-18-28)41(39,40)29-19-15-26(33)16-20-29/h5-6,9-10,13-20,27,30H,4,7-8,11-12,21-22H2,1-3H3,(H,34,38)/t30-/m1/s1. The molecule has 4 rings (SSSR count). The van der Waals surface area contributed by atoms with Crippen LogP contribution < -0.4 is 9.62 Å². The molecule has 3 aromatic rings. The van der Waals surface area contributed by atoms with Crippen molar-refractivity contribution >= 4 is 39.1 Å². The normalized spacial score (nSPS) is 14.4. The molecule has 1 fully saturated rings. The van der Waals surface area contributed by atoms with Crippen LogP contribution in [0.5, 0.6) is 0 Å². The number of nitrogens with zero attached hydrogens (tertiary/aromatic N) is 2. The van der Waals surface area contributed by atoms with Crippen molar-refractivity contribution in [1.82, 2.24) is 10.2 Å². The zero-order chi connectivity index (χ0) is 29.6. The van der Waals surface area contributed by atoms with Crippen molar-refractivity contribution in [3.8, 4) is 0 Å². The van der Waals surface area contributed by atoms with E-state index in [0.717, 1.165) is 46.7 Å². The molecular formula is C32H38ClN3O4S. The molecule has 1 saturated carbocycles. The van der Waals surface area contributed by atoms with Crippen molar-refractivity contribution in [2.45, 2.75) is 76.4 Å². The van der Waals surface area contributed by atoms with E-state index in [4.69, 9.17) is 11.6 Å². The van der Waals surface area contributed by atoms with Gasteiger partial charge in [0.1, 0.15) is 12.6 Å². The largest absolute Gasteiger partial charge is 0.352 e. The van der Waals surface area contributed by atoms with Gasteiger partial charge in [0.2, 0.25) is 11.8 Å². The average molecular weight is 596 g/mol. The van der Waals surface area contributed by atoms with Crippen molar-refractivity contribution in [3.63, 3.8) is 0 Å². The molecule has 3 aromatic carbocycles. The van der Waals surface area contributed by atoms with Gasteiger partial charge in [-0.25, -0.2) is 8.42 Å². The average Bonchev–Trinajstić information content (AvgIpc) is 3.46. The summed E-state index contributed by atoms with van der Waals surface area (Å²) in [5.74, 6) is -0.663. The van der Waals surface area contributed by atoms with Gasteiger partial charge in [0.15, 0.2) is 0 Å². The minimum Gasteiger partial charge on any atom is -0.352 e. The van der Waals surface area contributed by atoms with Gasteiger partial charge in [-0.05, 0) is 80.6 Å². The van der Waals surface area contributed by atoms with Gasteiger partial charge in [-0.15, -0.1) is 0 Å². The molecule has 0 bridgehead atoms. The van der Waals surface area contributed by atoms with Gasteiger partial charge in [-0.2, -0.15) is 0 Å². The summed E-state index contributed by atoms with van der Waals surface area (Å²) in [5, 5.41) is 3.55. The molecular weight excluding hydrogens is 558 g/mol. The van der Waals surface area contributed by atoms with Crippen LogP contribution in [0.1, 0.15) is 55.7 Å². The van der Waals surface area contributed by atoms with Crippen LogP contribution in [-0.4, -0.2) is 43.8 Å². The Kier molecular flexibility index (Phi) is 10.1. The summed E-state index contributed by atoms with van der Waals surface area (Å²) in [6.45, 7) is 5.46. The summed E-state index contributed by atoms with van der Waals surface area (Å²) < 4.78 is 29.0. The molecule has 0 aromatic heterocycles. The van der Waals surface area contributed by atoms with Crippen molar-refractivity contribution in [3.05, 3.63) is 94.5 Å². The number of nitrogens with one attached hydrogen (secondary N) is 1. The molecule has 0 aliphatic heterocycles. The van der Waals surface area contributed by atoms with Crippen molar-refractivity contribution in [1.29, 1.82) is 0 Å². The van der Waals surface area contributed by atoms with Gasteiger partial charge >= 0.3 is 0 Å².